The number of benzene rings is 1. The molecule has 0 unspecified atom stereocenters. The van der Waals surface area contributed by atoms with Crippen LogP contribution in [0.1, 0.15) is 25.8 Å². The van der Waals surface area contributed by atoms with E-state index in [1.54, 1.807) is 0 Å². The lowest BCUT2D eigenvalue weighted by Crippen LogP contribution is -2.13. The van der Waals surface area contributed by atoms with Crippen LogP contribution in [-0.2, 0) is 11.2 Å². The standard InChI is InChI=1S/C14H17NO/c1-14(2,10-16)8-7-11-9-15-13-6-4-3-5-12(11)13/h3-6,9-10,15H,7-8H2,1-2H3. The molecule has 0 aliphatic rings. The van der Waals surface area contributed by atoms with Gasteiger partial charge in [-0.05, 0) is 24.5 Å². The van der Waals surface area contributed by atoms with E-state index in [9.17, 15) is 4.79 Å². The van der Waals surface area contributed by atoms with Gasteiger partial charge in [-0.25, -0.2) is 0 Å². The van der Waals surface area contributed by atoms with Gasteiger partial charge >= 0.3 is 0 Å². The van der Waals surface area contributed by atoms with Crippen molar-refractivity contribution in [2.24, 2.45) is 5.41 Å². The largest absolute Gasteiger partial charge is 0.361 e. The summed E-state index contributed by atoms with van der Waals surface area (Å²) >= 11 is 0. The van der Waals surface area contributed by atoms with Crippen molar-refractivity contribution in [2.75, 3.05) is 0 Å². The Morgan fingerprint density at radius 2 is 2.06 bits per heavy atom. The lowest BCUT2D eigenvalue weighted by Gasteiger charge is -2.15. The van der Waals surface area contributed by atoms with Crippen molar-refractivity contribution >= 4 is 17.2 Å². The quantitative estimate of drug-likeness (QED) is 0.780. The van der Waals surface area contributed by atoms with Crippen LogP contribution in [0, 0.1) is 5.41 Å². The summed E-state index contributed by atoms with van der Waals surface area (Å²) in [7, 11) is 0. The third-order valence-electron chi connectivity index (χ3n) is 3.03. The molecule has 1 aromatic carbocycles. The Hall–Kier alpha value is -1.57. The number of carbonyl (C=O) groups excluding carboxylic acids is 1. The summed E-state index contributed by atoms with van der Waals surface area (Å²) in [4.78, 5) is 14.1. The van der Waals surface area contributed by atoms with Crippen LogP contribution in [0.15, 0.2) is 30.5 Å². The highest BCUT2D eigenvalue weighted by Crippen LogP contribution is 2.24. The van der Waals surface area contributed by atoms with Crippen LogP contribution in [0.2, 0.25) is 0 Å². The summed E-state index contributed by atoms with van der Waals surface area (Å²) in [5.74, 6) is 0. The Kier molecular flexibility index (Phi) is 2.82. The van der Waals surface area contributed by atoms with Gasteiger partial charge in [-0.1, -0.05) is 32.0 Å². The van der Waals surface area contributed by atoms with Crippen LogP contribution in [0.25, 0.3) is 10.9 Å². The minimum absolute atomic E-state index is 0.224. The molecule has 0 radical (unpaired) electrons. The number of rotatable bonds is 4. The fraction of sp³-hybridized carbons (Fsp3) is 0.357. The first-order chi connectivity index (χ1) is 7.62. The number of aromatic amines is 1. The number of aldehydes is 1. The molecule has 0 spiro atoms. The summed E-state index contributed by atoms with van der Waals surface area (Å²) in [6, 6.07) is 8.27. The molecule has 1 N–H and O–H groups in total. The Balaban J connectivity index is 2.19. The minimum Gasteiger partial charge on any atom is -0.361 e. The molecular formula is C14H17NO. The number of H-pyrrole nitrogens is 1. The molecule has 1 aromatic heterocycles. The smallest absolute Gasteiger partial charge is 0.125 e. The van der Waals surface area contributed by atoms with E-state index >= 15 is 0 Å². The zero-order chi connectivity index (χ0) is 11.6. The number of carbonyl (C=O) groups is 1. The molecule has 84 valence electrons. The van der Waals surface area contributed by atoms with Crippen LogP contribution in [0.3, 0.4) is 0 Å². The predicted octanol–water partition coefficient (Wildman–Crippen LogP) is 3.33. The molecule has 2 nitrogen and oxygen atoms in total. The second-order valence-corrected chi connectivity index (χ2v) is 4.97. The maximum Gasteiger partial charge on any atom is 0.125 e. The van der Waals surface area contributed by atoms with Gasteiger partial charge in [0, 0.05) is 22.5 Å². The molecule has 2 aromatic rings. The molecule has 0 aliphatic heterocycles. The average molecular weight is 215 g/mol. The molecule has 0 aliphatic carbocycles. The molecule has 2 rings (SSSR count). The first kappa shape index (κ1) is 10.9. The molecular weight excluding hydrogens is 198 g/mol. The second-order valence-electron chi connectivity index (χ2n) is 4.97. The highest BCUT2D eigenvalue weighted by Gasteiger charge is 2.16. The van der Waals surface area contributed by atoms with Gasteiger partial charge in [-0.3, -0.25) is 0 Å². The van der Waals surface area contributed by atoms with E-state index in [1.807, 2.05) is 32.2 Å². The number of aryl methyl sites for hydroxylation is 1. The van der Waals surface area contributed by atoms with Gasteiger partial charge in [0.15, 0.2) is 0 Å². The van der Waals surface area contributed by atoms with Crippen molar-refractivity contribution in [2.45, 2.75) is 26.7 Å². The lowest BCUT2D eigenvalue weighted by molar-refractivity contribution is -0.114. The van der Waals surface area contributed by atoms with E-state index in [0.717, 1.165) is 19.1 Å². The van der Waals surface area contributed by atoms with Crippen molar-refractivity contribution in [1.82, 2.24) is 4.98 Å². The average Bonchev–Trinajstić information content (AvgIpc) is 2.70. The number of hydrogen-bond acceptors (Lipinski definition) is 1. The van der Waals surface area contributed by atoms with E-state index in [1.165, 1.54) is 16.5 Å². The first-order valence-electron chi connectivity index (χ1n) is 5.64. The zero-order valence-corrected chi connectivity index (χ0v) is 9.79. The molecule has 0 amide bonds. The van der Waals surface area contributed by atoms with Crippen molar-refractivity contribution < 1.29 is 4.79 Å². The Labute approximate surface area is 95.7 Å². The summed E-state index contributed by atoms with van der Waals surface area (Å²) in [6.07, 6.45) is 4.92. The molecule has 16 heavy (non-hydrogen) atoms. The molecule has 0 bridgehead atoms. The SMILES string of the molecule is CC(C)(C=O)CCc1c[nH]c2ccccc12. The number of nitrogens with one attached hydrogen (secondary N) is 1. The van der Waals surface area contributed by atoms with Crippen LogP contribution >= 0.6 is 0 Å². The summed E-state index contributed by atoms with van der Waals surface area (Å²) in [5.41, 5.74) is 2.24. The first-order valence-corrected chi connectivity index (χ1v) is 5.64. The van der Waals surface area contributed by atoms with Gasteiger partial charge in [-0.2, -0.15) is 0 Å². The minimum atomic E-state index is -0.224. The van der Waals surface area contributed by atoms with E-state index in [0.29, 0.717) is 0 Å². The number of fused-ring (bicyclic) bond motifs is 1. The molecule has 1 heterocycles. The predicted molar refractivity (Wildman–Crippen MR) is 66.5 cm³/mol. The zero-order valence-electron chi connectivity index (χ0n) is 9.79. The Bertz CT molecular complexity index is 496. The van der Waals surface area contributed by atoms with Crippen LogP contribution < -0.4 is 0 Å². The monoisotopic (exact) mass is 215 g/mol. The topological polar surface area (TPSA) is 32.9 Å². The lowest BCUT2D eigenvalue weighted by atomic mass is 9.88. The van der Waals surface area contributed by atoms with Crippen molar-refractivity contribution in [3.8, 4) is 0 Å². The van der Waals surface area contributed by atoms with Gasteiger partial charge < -0.3 is 9.78 Å². The molecule has 0 saturated carbocycles. The van der Waals surface area contributed by atoms with E-state index in [2.05, 4.69) is 17.1 Å². The maximum absolute atomic E-state index is 10.8. The molecule has 0 saturated heterocycles. The van der Waals surface area contributed by atoms with Gasteiger partial charge in [0.2, 0.25) is 0 Å². The number of hydrogen-bond donors (Lipinski definition) is 1. The van der Waals surface area contributed by atoms with Crippen molar-refractivity contribution in [1.29, 1.82) is 0 Å². The van der Waals surface area contributed by atoms with Crippen molar-refractivity contribution in [3.05, 3.63) is 36.0 Å². The number of para-hydroxylation sites is 1. The Morgan fingerprint density at radius 3 is 2.81 bits per heavy atom. The van der Waals surface area contributed by atoms with Crippen LogP contribution in [-0.4, -0.2) is 11.3 Å². The number of aromatic nitrogens is 1. The molecule has 2 heteroatoms. The highest BCUT2D eigenvalue weighted by atomic mass is 16.1. The van der Waals surface area contributed by atoms with Gasteiger partial charge in [0.05, 0.1) is 0 Å². The van der Waals surface area contributed by atoms with Gasteiger partial charge in [0.1, 0.15) is 6.29 Å². The van der Waals surface area contributed by atoms with Crippen molar-refractivity contribution in [3.63, 3.8) is 0 Å². The second kappa shape index (κ2) is 4.12. The molecule has 0 fully saturated rings. The Morgan fingerprint density at radius 1 is 1.31 bits per heavy atom. The van der Waals surface area contributed by atoms with Crippen LogP contribution in [0.4, 0.5) is 0 Å². The summed E-state index contributed by atoms with van der Waals surface area (Å²) in [6.45, 7) is 3.96. The normalized spacial score (nSPS) is 11.9. The van der Waals surface area contributed by atoms with Gasteiger partial charge in [0.25, 0.3) is 0 Å². The third kappa shape index (κ3) is 2.16. The van der Waals surface area contributed by atoms with E-state index < -0.39 is 0 Å². The fourth-order valence-corrected chi connectivity index (χ4v) is 1.85. The fourth-order valence-electron chi connectivity index (χ4n) is 1.85. The van der Waals surface area contributed by atoms with Crippen LogP contribution in [0.5, 0.6) is 0 Å². The molecule has 0 atom stereocenters. The summed E-state index contributed by atoms with van der Waals surface area (Å²) in [5, 5.41) is 1.27. The van der Waals surface area contributed by atoms with E-state index in [4.69, 9.17) is 0 Å². The third-order valence-corrected chi connectivity index (χ3v) is 3.03. The summed E-state index contributed by atoms with van der Waals surface area (Å²) < 4.78 is 0. The maximum atomic E-state index is 10.8. The van der Waals surface area contributed by atoms with E-state index in [-0.39, 0.29) is 5.41 Å². The van der Waals surface area contributed by atoms with Gasteiger partial charge in [-0.15, -0.1) is 0 Å². The highest BCUT2D eigenvalue weighted by molar-refractivity contribution is 5.83.